The third-order valence-electron chi connectivity index (χ3n) is 6.44. The maximum Gasteiger partial charge on any atom is 0.270 e. The number of allylic oxidation sites excluding steroid dienone is 2. The van der Waals surface area contributed by atoms with E-state index in [0.29, 0.717) is 5.02 Å². The number of nitro benzene ring substituents is 1. The van der Waals surface area contributed by atoms with Crippen LogP contribution in [0.3, 0.4) is 0 Å². The highest BCUT2D eigenvalue weighted by Gasteiger charge is 2.63. The first-order valence-corrected chi connectivity index (χ1v) is 11.2. The Kier molecular flexibility index (Phi) is 5.43. The minimum absolute atomic E-state index is 0.0373. The molecule has 0 N–H and O–H groups in total. The van der Waals surface area contributed by atoms with E-state index in [1.807, 2.05) is 6.07 Å². The molecule has 0 spiro atoms. The van der Waals surface area contributed by atoms with Gasteiger partial charge in [-0.1, -0.05) is 35.3 Å². The third kappa shape index (κ3) is 3.50. The second-order valence-corrected chi connectivity index (χ2v) is 9.11. The van der Waals surface area contributed by atoms with Gasteiger partial charge in [-0.05, 0) is 30.4 Å². The number of rotatable bonds is 4. The molecule has 0 aromatic heterocycles. The summed E-state index contributed by atoms with van der Waals surface area (Å²) in [5, 5.41) is 21.0. The highest BCUT2D eigenvalue weighted by atomic mass is 35.5. The van der Waals surface area contributed by atoms with Gasteiger partial charge in [0.25, 0.3) is 5.69 Å². The molecule has 0 saturated carbocycles. The molecule has 0 radical (unpaired) electrons. The number of fused-ring (bicyclic) bond motifs is 3. The molecule has 2 fully saturated rings. The first kappa shape index (κ1) is 22.8. The van der Waals surface area contributed by atoms with Crippen molar-refractivity contribution in [3.05, 3.63) is 92.1 Å². The molecule has 3 aliphatic rings. The van der Waals surface area contributed by atoms with Crippen molar-refractivity contribution < 1.29 is 19.3 Å². The van der Waals surface area contributed by atoms with E-state index in [1.165, 1.54) is 48.7 Å². The van der Waals surface area contributed by atoms with Gasteiger partial charge < -0.3 is 4.90 Å². The predicted molar refractivity (Wildman–Crippen MR) is 126 cm³/mol. The Bertz CT molecular complexity index is 1430. The van der Waals surface area contributed by atoms with Crippen LogP contribution in [0.1, 0.15) is 10.4 Å². The normalized spacial score (nSPS) is 24.7. The number of ketones is 1. The van der Waals surface area contributed by atoms with Crippen LogP contribution in [-0.2, 0) is 9.59 Å². The summed E-state index contributed by atoms with van der Waals surface area (Å²) in [5.74, 6) is -3.78. The smallest absolute Gasteiger partial charge is 0.270 e. The Morgan fingerprint density at radius 3 is 2.51 bits per heavy atom. The van der Waals surface area contributed by atoms with E-state index in [1.54, 1.807) is 11.0 Å². The number of carbonyl (C=O) groups excluding carboxylic acids is 3. The standard InChI is InChI=1S/C24H14Cl2N4O5/c25-14-4-5-17(16(26)10-14)29-23(32)19-18-8-12(11-27)6-7-28(18)21(20(19)24(29)33)22(31)13-2-1-3-15(9-13)30(34)35/h1-10,18-21H/t18-,19-,20+,21-/m1/s1. The van der Waals surface area contributed by atoms with Crippen molar-refractivity contribution in [2.24, 2.45) is 11.8 Å². The van der Waals surface area contributed by atoms with E-state index < -0.39 is 46.4 Å². The molecule has 2 saturated heterocycles. The SMILES string of the molecule is N#CC1=C[C@@H]2[C@H]3C(=O)N(c4ccc(Cl)cc4Cl)C(=O)[C@@H]3[C@H](C(=O)c3cccc([N+](=O)[O-])c3)N2C=C1. The first-order valence-electron chi connectivity index (χ1n) is 10.4. The second kappa shape index (κ2) is 8.34. The van der Waals surface area contributed by atoms with Crippen molar-refractivity contribution in [1.29, 1.82) is 5.26 Å². The average molecular weight is 509 g/mol. The van der Waals surface area contributed by atoms with Crippen LogP contribution in [0, 0.1) is 33.3 Å². The molecular weight excluding hydrogens is 495 g/mol. The quantitative estimate of drug-likeness (QED) is 0.265. The lowest BCUT2D eigenvalue weighted by Crippen LogP contribution is -2.46. The molecule has 2 amide bonds. The Balaban J connectivity index is 1.62. The molecule has 11 heteroatoms. The molecule has 3 aliphatic heterocycles. The fourth-order valence-electron chi connectivity index (χ4n) is 4.96. The van der Waals surface area contributed by atoms with Gasteiger partial charge >= 0.3 is 0 Å². The van der Waals surface area contributed by atoms with Gasteiger partial charge in [0.1, 0.15) is 6.04 Å². The zero-order valence-electron chi connectivity index (χ0n) is 17.7. The maximum absolute atomic E-state index is 13.7. The van der Waals surface area contributed by atoms with Crippen LogP contribution in [0.2, 0.25) is 10.0 Å². The van der Waals surface area contributed by atoms with Crippen LogP contribution in [0.4, 0.5) is 11.4 Å². The molecule has 5 rings (SSSR count). The van der Waals surface area contributed by atoms with Crippen LogP contribution in [0.5, 0.6) is 0 Å². The van der Waals surface area contributed by atoms with Crippen molar-refractivity contribution in [2.75, 3.05) is 4.90 Å². The Morgan fingerprint density at radius 2 is 1.83 bits per heavy atom. The highest BCUT2D eigenvalue weighted by molar-refractivity contribution is 6.38. The minimum atomic E-state index is -1.12. The lowest BCUT2D eigenvalue weighted by atomic mass is 9.86. The number of nitrogens with zero attached hydrogens (tertiary/aromatic N) is 4. The van der Waals surface area contributed by atoms with Crippen LogP contribution in [0.25, 0.3) is 0 Å². The Hall–Kier alpha value is -4.00. The fourth-order valence-corrected chi connectivity index (χ4v) is 5.46. The van der Waals surface area contributed by atoms with Gasteiger partial charge in [0.15, 0.2) is 5.78 Å². The largest absolute Gasteiger partial charge is 0.359 e. The molecule has 174 valence electrons. The summed E-state index contributed by atoms with van der Waals surface area (Å²) in [6, 6.07) is 9.73. The van der Waals surface area contributed by atoms with Gasteiger partial charge in [-0.15, -0.1) is 0 Å². The van der Waals surface area contributed by atoms with Crippen molar-refractivity contribution in [3.8, 4) is 6.07 Å². The van der Waals surface area contributed by atoms with Gasteiger partial charge in [-0.2, -0.15) is 5.26 Å². The number of amides is 2. The number of Topliss-reactive ketones (excluding diaryl/α,β-unsaturated/α-hetero) is 1. The summed E-state index contributed by atoms with van der Waals surface area (Å²) in [6.45, 7) is 0. The minimum Gasteiger partial charge on any atom is -0.359 e. The van der Waals surface area contributed by atoms with E-state index >= 15 is 0 Å². The first-order chi connectivity index (χ1) is 16.7. The summed E-state index contributed by atoms with van der Waals surface area (Å²) in [6.07, 6.45) is 4.56. The van der Waals surface area contributed by atoms with Gasteiger partial charge in [0, 0.05) is 28.9 Å². The monoisotopic (exact) mass is 508 g/mol. The Morgan fingerprint density at radius 1 is 1.09 bits per heavy atom. The molecule has 2 aromatic carbocycles. The number of halogens is 2. The zero-order valence-corrected chi connectivity index (χ0v) is 19.2. The van der Waals surface area contributed by atoms with Gasteiger partial charge in [0.05, 0.1) is 45.2 Å². The van der Waals surface area contributed by atoms with Crippen LogP contribution >= 0.6 is 23.2 Å². The van der Waals surface area contributed by atoms with Gasteiger partial charge in [-0.3, -0.25) is 24.5 Å². The number of nitro groups is 1. The number of anilines is 1. The molecule has 4 atom stereocenters. The Labute approximate surface area is 208 Å². The van der Waals surface area contributed by atoms with Crippen molar-refractivity contribution >= 4 is 52.2 Å². The van der Waals surface area contributed by atoms with Crippen molar-refractivity contribution in [2.45, 2.75) is 12.1 Å². The fraction of sp³-hybridized carbons (Fsp3) is 0.167. The third-order valence-corrected chi connectivity index (χ3v) is 6.98. The van der Waals surface area contributed by atoms with Crippen molar-refractivity contribution in [3.63, 3.8) is 0 Å². The topological polar surface area (TPSA) is 125 Å². The predicted octanol–water partition coefficient (Wildman–Crippen LogP) is 3.92. The number of hydrogen-bond acceptors (Lipinski definition) is 7. The molecule has 2 aromatic rings. The average Bonchev–Trinajstić information content (AvgIpc) is 3.31. The van der Waals surface area contributed by atoms with Gasteiger partial charge in [-0.25, -0.2) is 4.90 Å². The molecular formula is C24H14Cl2N4O5. The number of carbonyl (C=O) groups is 3. The van der Waals surface area contributed by atoms with E-state index in [4.69, 9.17) is 23.2 Å². The number of benzene rings is 2. The summed E-state index contributed by atoms with van der Waals surface area (Å²) in [5.41, 5.74) is 0.197. The zero-order chi connectivity index (χ0) is 25.0. The van der Waals surface area contributed by atoms with E-state index in [9.17, 15) is 29.8 Å². The second-order valence-electron chi connectivity index (χ2n) is 8.26. The molecule has 0 unspecified atom stereocenters. The molecule has 0 bridgehead atoms. The van der Waals surface area contributed by atoms with E-state index in [0.717, 1.165) is 11.0 Å². The highest BCUT2D eigenvalue weighted by Crippen LogP contribution is 2.48. The number of imide groups is 1. The number of nitriles is 1. The van der Waals surface area contributed by atoms with Crippen LogP contribution < -0.4 is 4.90 Å². The van der Waals surface area contributed by atoms with E-state index in [2.05, 4.69) is 0 Å². The lowest BCUT2D eigenvalue weighted by molar-refractivity contribution is -0.384. The summed E-state index contributed by atoms with van der Waals surface area (Å²) >= 11 is 12.2. The summed E-state index contributed by atoms with van der Waals surface area (Å²) < 4.78 is 0. The summed E-state index contributed by atoms with van der Waals surface area (Å²) in [4.78, 5) is 54.1. The van der Waals surface area contributed by atoms with Gasteiger partial charge in [0.2, 0.25) is 11.8 Å². The summed E-state index contributed by atoms with van der Waals surface area (Å²) in [7, 11) is 0. The van der Waals surface area contributed by atoms with Crippen LogP contribution in [0.15, 0.2) is 66.4 Å². The molecule has 0 aliphatic carbocycles. The maximum atomic E-state index is 13.7. The molecule has 9 nitrogen and oxygen atoms in total. The number of hydrogen-bond donors (Lipinski definition) is 0. The lowest BCUT2D eigenvalue weighted by Gasteiger charge is -2.32. The van der Waals surface area contributed by atoms with E-state index in [-0.39, 0.29) is 27.5 Å². The number of non-ortho nitro benzene ring substituents is 1. The molecule has 3 heterocycles. The van der Waals surface area contributed by atoms with Crippen LogP contribution in [-0.4, -0.2) is 39.5 Å². The molecule has 35 heavy (non-hydrogen) atoms. The van der Waals surface area contributed by atoms with Crippen molar-refractivity contribution in [1.82, 2.24) is 4.90 Å².